The molecule has 0 aromatic heterocycles. The van der Waals surface area contributed by atoms with Gasteiger partial charge in [-0.25, -0.2) is 8.42 Å². The molecule has 2 N–H and O–H groups in total. The number of anilines is 1. The van der Waals surface area contributed by atoms with Crippen molar-refractivity contribution < 1.29 is 13.5 Å². The van der Waals surface area contributed by atoms with Gasteiger partial charge in [0.05, 0.1) is 12.9 Å². The second-order valence-electron chi connectivity index (χ2n) is 4.42. The summed E-state index contributed by atoms with van der Waals surface area (Å²) in [5, 5.41) is 9.24. The first-order valence-electron chi connectivity index (χ1n) is 5.80. The molecule has 1 aromatic carbocycles. The van der Waals surface area contributed by atoms with E-state index in [0.29, 0.717) is 5.69 Å². The highest BCUT2D eigenvalue weighted by atomic mass is 32.2. The maximum Gasteiger partial charge on any atom is 0.229 e. The topological polar surface area (TPSA) is 66.4 Å². The zero-order valence-corrected chi connectivity index (χ0v) is 12.2. The Morgan fingerprint density at radius 3 is 2.53 bits per heavy atom. The van der Waals surface area contributed by atoms with Gasteiger partial charge in [-0.1, -0.05) is 18.7 Å². The van der Waals surface area contributed by atoms with Crippen molar-refractivity contribution in [3.8, 4) is 0 Å². The molecule has 0 fully saturated rings. The van der Waals surface area contributed by atoms with Crippen molar-refractivity contribution in [3.05, 3.63) is 47.6 Å². The maximum absolute atomic E-state index is 11.2. The first kappa shape index (κ1) is 15.5. The summed E-state index contributed by atoms with van der Waals surface area (Å²) in [6, 6.07) is 5.29. The summed E-state index contributed by atoms with van der Waals surface area (Å²) in [4.78, 5) is 0. The third kappa shape index (κ3) is 4.22. The summed E-state index contributed by atoms with van der Waals surface area (Å²) in [7, 11) is -3.27. The van der Waals surface area contributed by atoms with Crippen LogP contribution in [0.3, 0.4) is 0 Å². The van der Waals surface area contributed by atoms with Crippen LogP contribution in [-0.4, -0.2) is 26.4 Å². The van der Waals surface area contributed by atoms with Crippen LogP contribution in [0.5, 0.6) is 0 Å². The Kier molecular flexibility index (Phi) is 4.91. The van der Waals surface area contributed by atoms with Gasteiger partial charge < -0.3 is 5.11 Å². The van der Waals surface area contributed by atoms with Crippen molar-refractivity contribution in [2.45, 2.75) is 13.8 Å². The number of rotatable bonds is 5. The number of allylic oxidation sites excluding steroid dienone is 1. The van der Waals surface area contributed by atoms with E-state index < -0.39 is 10.0 Å². The van der Waals surface area contributed by atoms with Crippen molar-refractivity contribution in [1.82, 2.24) is 0 Å². The molecular weight excluding hydrogens is 262 g/mol. The van der Waals surface area contributed by atoms with Gasteiger partial charge in [-0.15, -0.1) is 0 Å². The predicted octanol–water partition coefficient (Wildman–Crippen LogP) is 2.32. The number of aliphatic hydroxyl groups excluding tert-OH is 1. The Morgan fingerprint density at radius 2 is 2.11 bits per heavy atom. The zero-order chi connectivity index (χ0) is 14.6. The predicted molar refractivity (Wildman–Crippen MR) is 79.5 cm³/mol. The molecule has 0 aliphatic rings. The highest BCUT2D eigenvalue weighted by Crippen LogP contribution is 2.25. The fraction of sp³-hybridized carbons (Fsp3) is 0.286. The van der Waals surface area contributed by atoms with E-state index in [9.17, 15) is 13.5 Å². The van der Waals surface area contributed by atoms with Crippen molar-refractivity contribution in [2.75, 3.05) is 17.6 Å². The fourth-order valence-electron chi connectivity index (χ4n) is 1.87. The minimum atomic E-state index is -3.27. The van der Waals surface area contributed by atoms with Gasteiger partial charge in [0.25, 0.3) is 0 Å². The summed E-state index contributed by atoms with van der Waals surface area (Å²) < 4.78 is 24.8. The van der Waals surface area contributed by atoms with Gasteiger partial charge in [0.15, 0.2) is 0 Å². The highest BCUT2D eigenvalue weighted by Gasteiger charge is 2.07. The second kappa shape index (κ2) is 6.04. The molecule has 0 aliphatic heterocycles. The Bertz CT molecular complexity index is 616. The van der Waals surface area contributed by atoms with E-state index >= 15 is 0 Å². The summed E-state index contributed by atoms with van der Waals surface area (Å²) in [5.74, 6) is 0. The Hall–Kier alpha value is -1.59. The largest absolute Gasteiger partial charge is 0.392 e. The number of nitrogens with one attached hydrogen (secondary N) is 1. The number of aliphatic hydroxyl groups is 1. The van der Waals surface area contributed by atoms with Crippen molar-refractivity contribution >= 4 is 21.3 Å². The number of aryl methyl sites for hydroxylation is 1. The molecule has 0 saturated heterocycles. The monoisotopic (exact) mass is 281 g/mol. The molecular formula is C14H19NO3S. The van der Waals surface area contributed by atoms with Crippen molar-refractivity contribution in [2.24, 2.45) is 0 Å². The van der Waals surface area contributed by atoms with Gasteiger partial charge in [-0.2, -0.15) is 0 Å². The molecule has 5 heteroatoms. The minimum absolute atomic E-state index is 0.0713. The molecule has 0 bridgehead atoms. The third-order valence-electron chi connectivity index (χ3n) is 2.83. The van der Waals surface area contributed by atoms with Gasteiger partial charge in [0, 0.05) is 5.69 Å². The van der Waals surface area contributed by atoms with Crippen molar-refractivity contribution in [3.63, 3.8) is 0 Å². The number of benzene rings is 1. The van der Waals surface area contributed by atoms with E-state index in [1.54, 1.807) is 18.2 Å². The summed E-state index contributed by atoms with van der Waals surface area (Å²) in [5.41, 5.74) is 4.11. The van der Waals surface area contributed by atoms with Crippen LogP contribution in [0.2, 0.25) is 0 Å². The Labute approximate surface area is 114 Å². The minimum Gasteiger partial charge on any atom is -0.392 e. The molecule has 0 heterocycles. The van der Waals surface area contributed by atoms with E-state index in [2.05, 4.69) is 11.3 Å². The summed E-state index contributed by atoms with van der Waals surface area (Å²) >= 11 is 0. The van der Waals surface area contributed by atoms with E-state index in [1.807, 2.05) is 19.9 Å². The van der Waals surface area contributed by atoms with E-state index in [1.165, 1.54) is 0 Å². The van der Waals surface area contributed by atoms with Gasteiger partial charge in [0.2, 0.25) is 10.0 Å². The molecule has 0 saturated carbocycles. The molecule has 0 atom stereocenters. The second-order valence-corrected chi connectivity index (χ2v) is 6.16. The first-order valence-corrected chi connectivity index (χ1v) is 7.69. The van der Waals surface area contributed by atoms with Crippen molar-refractivity contribution in [1.29, 1.82) is 0 Å². The van der Waals surface area contributed by atoms with E-state index in [-0.39, 0.29) is 6.61 Å². The first-order chi connectivity index (χ1) is 8.78. The van der Waals surface area contributed by atoms with Crippen LogP contribution in [0, 0.1) is 6.92 Å². The smallest absolute Gasteiger partial charge is 0.229 e. The van der Waals surface area contributed by atoms with E-state index in [4.69, 9.17) is 0 Å². The van der Waals surface area contributed by atoms with Crippen LogP contribution in [0.15, 0.2) is 36.4 Å². The zero-order valence-electron chi connectivity index (χ0n) is 11.4. The molecule has 0 unspecified atom stereocenters. The lowest BCUT2D eigenvalue weighted by molar-refractivity contribution is 0.335. The average Bonchev–Trinajstić information content (AvgIpc) is 2.28. The van der Waals surface area contributed by atoms with Crippen LogP contribution in [0.25, 0.3) is 5.57 Å². The van der Waals surface area contributed by atoms with Gasteiger partial charge >= 0.3 is 0 Å². The summed E-state index contributed by atoms with van der Waals surface area (Å²) in [6.07, 6.45) is 2.74. The Balaban J connectivity index is 3.21. The molecule has 0 spiro atoms. The van der Waals surface area contributed by atoms with Gasteiger partial charge in [-0.3, -0.25) is 4.72 Å². The number of sulfonamides is 1. The molecule has 0 radical (unpaired) electrons. The lowest BCUT2D eigenvalue weighted by Gasteiger charge is -2.12. The van der Waals surface area contributed by atoms with E-state index in [0.717, 1.165) is 28.5 Å². The lowest BCUT2D eigenvalue weighted by Crippen LogP contribution is -2.09. The number of hydrogen-bond acceptors (Lipinski definition) is 3. The fourth-order valence-corrected chi connectivity index (χ4v) is 2.43. The van der Waals surface area contributed by atoms with Crippen LogP contribution in [0.4, 0.5) is 5.69 Å². The quantitative estimate of drug-likeness (QED) is 0.814. The molecule has 19 heavy (non-hydrogen) atoms. The lowest BCUT2D eigenvalue weighted by atomic mass is 9.97. The molecule has 0 aliphatic carbocycles. The SMILES string of the molecule is C=C/C(CO)=C(\C)c1ccc(NS(C)(=O)=O)cc1C. The molecule has 4 nitrogen and oxygen atoms in total. The standard InChI is InChI=1S/C14H19NO3S/c1-5-12(9-16)11(3)14-7-6-13(8-10(14)2)15-19(4,17)18/h5-8,15-16H,1,9H2,2-4H3/b12-11-. The molecule has 0 amide bonds. The average molecular weight is 281 g/mol. The van der Waals surface area contributed by atoms with Crippen LogP contribution >= 0.6 is 0 Å². The van der Waals surface area contributed by atoms with Crippen LogP contribution in [-0.2, 0) is 10.0 Å². The molecule has 1 aromatic rings. The molecule has 104 valence electrons. The van der Waals surface area contributed by atoms with Crippen LogP contribution in [0.1, 0.15) is 18.1 Å². The number of hydrogen-bond donors (Lipinski definition) is 2. The van der Waals surface area contributed by atoms with Gasteiger partial charge in [-0.05, 0) is 48.3 Å². The third-order valence-corrected chi connectivity index (χ3v) is 3.44. The normalized spacial score (nSPS) is 12.8. The molecule has 1 rings (SSSR count). The van der Waals surface area contributed by atoms with Crippen LogP contribution < -0.4 is 4.72 Å². The Morgan fingerprint density at radius 1 is 1.47 bits per heavy atom. The summed E-state index contributed by atoms with van der Waals surface area (Å²) in [6.45, 7) is 7.39. The highest BCUT2D eigenvalue weighted by molar-refractivity contribution is 7.92. The van der Waals surface area contributed by atoms with Gasteiger partial charge in [0.1, 0.15) is 0 Å². The maximum atomic E-state index is 11.2.